The Hall–Kier alpha value is -6.64. The van der Waals surface area contributed by atoms with Gasteiger partial charge in [-0.15, -0.1) is 0 Å². The van der Waals surface area contributed by atoms with E-state index in [0.29, 0.717) is 0 Å². The van der Waals surface area contributed by atoms with E-state index in [4.69, 9.17) is 0 Å². The van der Waals surface area contributed by atoms with Gasteiger partial charge in [0.15, 0.2) is 0 Å². The van der Waals surface area contributed by atoms with Crippen LogP contribution >= 0.6 is 0 Å². The van der Waals surface area contributed by atoms with Gasteiger partial charge in [0.05, 0.1) is 11.4 Å². The molecule has 2 nitrogen and oxygen atoms in total. The molecule has 0 unspecified atom stereocenters. The molecule has 2 heteroatoms. The molecule has 50 heavy (non-hydrogen) atoms. The largest absolute Gasteiger partial charge is 0.310 e. The maximum absolute atomic E-state index is 2.40. The quantitative estimate of drug-likeness (QED) is 0.179. The Kier molecular flexibility index (Phi) is 7.53. The van der Waals surface area contributed by atoms with Crippen LogP contribution in [0.2, 0.25) is 0 Å². The summed E-state index contributed by atoms with van der Waals surface area (Å²) in [5.74, 6) is 0. The van der Waals surface area contributed by atoms with Gasteiger partial charge >= 0.3 is 0 Å². The number of nitrogens with zero attached hydrogens (tertiary/aromatic N) is 2. The maximum Gasteiger partial charge on any atom is 0.0542 e. The Morgan fingerprint density at radius 2 is 0.680 bits per heavy atom. The van der Waals surface area contributed by atoms with E-state index in [1.165, 1.54) is 50.2 Å². The van der Waals surface area contributed by atoms with Crippen LogP contribution in [0.3, 0.4) is 0 Å². The van der Waals surface area contributed by atoms with E-state index in [0.717, 1.165) is 28.4 Å². The van der Waals surface area contributed by atoms with Gasteiger partial charge in [-0.05, 0) is 94.0 Å². The lowest BCUT2D eigenvalue weighted by atomic mass is 9.94. The van der Waals surface area contributed by atoms with Crippen molar-refractivity contribution in [2.75, 3.05) is 9.80 Å². The lowest BCUT2D eigenvalue weighted by Crippen LogP contribution is -2.13. The molecule has 0 amide bonds. The topological polar surface area (TPSA) is 6.48 Å². The monoisotopic (exact) mass is 638 g/mol. The summed E-state index contributed by atoms with van der Waals surface area (Å²) in [6.07, 6.45) is 0. The van der Waals surface area contributed by atoms with Crippen molar-refractivity contribution in [2.24, 2.45) is 0 Å². The highest BCUT2D eigenvalue weighted by atomic mass is 15.2. The summed E-state index contributed by atoms with van der Waals surface area (Å²) in [6.45, 7) is 0. The average molecular weight is 639 g/mol. The van der Waals surface area contributed by atoms with E-state index in [2.05, 4.69) is 216 Å². The number of benzene rings is 8. The normalized spacial score (nSPS) is 11.6. The van der Waals surface area contributed by atoms with Crippen LogP contribution in [0.15, 0.2) is 206 Å². The molecular formula is C48H34N2. The first-order valence-electron chi connectivity index (χ1n) is 17.1. The zero-order chi connectivity index (χ0) is 33.3. The number of anilines is 6. The molecule has 0 atom stereocenters. The Balaban J connectivity index is 1.23. The lowest BCUT2D eigenvalue weighted by molar-refractivity contribution is 1.26. The summed E-state index contributed by atoms with van der Waals surface area (Å²) in [7, 11) is 0. The Labute approximate surface area is 293 Å². The molecular weight excluding hydrogens is 605 g/mol. The minimum Gasteiger partial charge on any atom is -0.310 e. The number of hydrogen-bond acceptors (Lipinski definition) is 2. The molecule has 0 saturated heterocycles. The molecule has 0 spiro atoms. The third-order valence-corrected chi connectivity index (χ3v) is 9.61. The first-order chi connectivity index (χ1) is 24.8. The molecule has 1 aliphatic heterocycles. The summed E-state index contributed by atoms with van der Waals surface area (Å²) in [4.78, 5) is 4.78. The average Bonchev–Trinajstić information content (AvgIpc) is 3.32. The third-order valence-electron chi connectivity index (χ3n) is 9.61. The highest BCUT2D eigenvalue weighted by molar-refractivity contribution is 6.03. The fourth-order valence-electron chi connectivity index (χ4n) is 7.22. The molecule has 0 saturated carbocycles. The maximum atomic E-state index is 2.40. The lowest BCUT2D eigenvalue weighted by Gasteiger charge is -2.30. The van der Waals surface area contributed by atoms with E-state index in [1.807, 2.05) is 0 Å². The van der Waals surface area contributed by atoms with Crippen LogP contribution in [0.4, 0.5) is 34.1 Å². The second-order valence-corrected chi connectivity index (χ2v) is 12.6. The predicted molar refractivity (Wildman–Crippen MR) is 211 cm³/mol. The summed E-state index contributed by atoms with van der Waals surface area (Å²) in [5, 5.41) is 0. The zero-order valence-electron chi connectivity index (χ0n) is 27.5. The van der Waals surface area contributed by atoms with Gasteiger partial charge in [-0.2, -0.15) is 0 Å². The number of para-hydroxylation sites is 2. The van der Waals surface area contributed by atoms with Gasteiger partial charge in [-0.1, -0.05) is 146 Å². The smallest absolute Gasteiger partial charge is 0.0542 e. The molecule has 0 aliphatic carbocycles. The van der Waals surface area contributed by atoms with Gasteiger partial charge in [0, 0.05) is 33.9 Å². The molecule has 8 aromatic carbocycles. The third kappa shape index (κ3) is 5.34. The van der Waals surface area contributed by atoms with Crippen LogP contribution in [0.5, 0.6) is 0 Å². The Morgan fingerprint density at radius 1 is 0.280 bits per heavy atom. The molecule has 1 heterocycles. The highest BCUT2D eigenvalue weighted by Gasteiger charge is 2.27. The molecule has 9 rings (SSSR count). The number of fused-ring (bicyclic) bond motifs is 5. The second kappa shape index (κ2) is 12.8. The molecule has 236 valence electrons. The van der Waals surface area contributed by atoms with Crippen molar-refractivity contribution in [3.8, 4) is 44.5 Å². The summed E-state index contributed by atoms with van der Waals surface area (Å²) < 4.78 is 0. The number of rotatable bonds is 6. The zero-order valence-corrected chi connectivity index (χ0v) is 27.5. The van der Waals surface area contributed by atoms with Gasteiger partial charge < -0.3 is 9.80 Å². The van der Waals surface area contributed by atoms with Crippen molar-refractivity contribution in [3.05, 3.63) is 206 Å². The van der Waals surface area contributed by atoms with Gasteiger partial charge in [0.1, 0.15) is 0 Å². The minimum absolute atomic E-state index is 1.09. The Bertz CT molecular complexity index is 2320. The van der Waals surface area contributed by atoms with E-state index in [1.54, 1.807) is 0 Å². The minimum atomic E-state index is 1.09. The first kappa shape index (κ1) is 29.5. The summed E-state index contributed by atoms with van der Waals surface area (Å²) in [5.41, 5.74) is 16.4. The van der Waals surface area contributed by atoms with Crippen LogP contribution < -0.4 is 9.80 Å². The molecule has 1 aliphatic rings. The van der Waals surface area contributed by atoms with E-state index in [-0.39, 0.29) is 0 Å². The van der Waals surface area contributed by atoms with Gasteiger partial charge in [-0.3, -0.25) is 0 Å². The summed E-state index contributed by atoms with van der Waals surface area (Å²) in [6, 6.07) is 74.2. The fourth-order valence-corrected chi connectivity index (χ4v) is 7.22. The van der Waals surface area contributed by atoms with Crippen molar-refractivity contribution < 1.29 is 0 Å². The number of hydrogen-bond donors (Lipinski definition) is 0. The van der Waals surface area contributed by atoms with Crippen LogP contribution in [-0.2, 0) is 0 Å². The second-order valence-electron chi connectivity index (χ2n) is 12.6. The van der Waals surface area contributed by atoms with Gasteiger partial charge in [0.25, 0.3) is 0 Å². The predicted octanol–water partition coefficient (Wildman–Crippen LogP) is 13.6. The molecule has 0 N–H and O–H groups in total. The van der Waals surface area contributed by atoms with Crippen molar-refractivity contribution in [3.63, 3.8) is 0 Å². The van der Waals surface area contributed by atoms with Gasteiger partial charge in [-0.25, -0.2) is 0 Å². The molecule has 8 aromatic rings. The fraction of sp³-hybridized carbons (Fsp3) is 0. The SMILES string of the molecule is c1ccc(-c2ccc(N(c3ccc(-c4ccccc4)cc3)c3ccc4c(c3)-c3ccccc3-c3ccccc3N4c3ccccc3)cc2)cc1. The summed E-state index contributed by atoms with van der Waals surface area (Å²) >= 11 is 0. The Morgan fingerprint density at radius 3 is 1.24 bits per heavy atom. The van der Waals surface area contributed by atoms with Crippen molar-refractivity contribution >= 4 is 34.1 Å². The molecule has 0 aromatic heterocycles. The molecule has 0 fully saturated rings. The van der Waals surface area contributed by atoms with Crippen LogP contribution in [0, 0.1) is 0 Å². The standard InChI is InChI=1S/C48H34N2/c1-4-14-35(15-5-1)37-24-28-40(29-25-37)49(41-30-26-38(27-31-41)36-16-6-2-7-17-36)42-32-33-48-46(34-42)44-21-11-10-20-43(44)45-22-12-13-23-47(45)50(48)39-18-8-3-9-19-39/h1-34H. The van der Waals surface area contributed by atoms with Crippen LogP contribution in [0.25, 0.3) is 44.5 Å². The van der Waals surface area contributed by atoms with E-state index in [9.17, 15) is 0 Å². The van der Waals surface area contributed by atoms with Crippen LogP contribution in [0.1, 0.15) is 0 Å². The molecule has 0 radical (unpaired) electrons. The van der Waals surface area contributed by atoms with Gasteiger partial charge in [0.2, 0.25) is 0 Å². The highest BCUT2D eigenvalue weighted by Crippen LogP contribution is 2.52. The van der Waals surface area contributed by atoms with Crippen molar-refractivity contribution in [1.82, 2.24) is 0 Å². The molecule has 0 bridgehead atoms. The van der Waals surface area contributed by atoms with Crippen LogP contribution in [-0.4, -0.2) is 0 Å². The van der Waals surface area contributed by atoms with E-state index >= 15 is 0 Å². The van der Waals surface area contributed by atoms with Crippen molar-refractivity contribution in [2.45, 2.75) is 0 Å². The van der Waals surface area contributed by atoms with Crippen molar-refractivity contribution in [1.29, 1.82) is 0 Å². The van der Waals surface area contributed by atoms with E-state index < -0.39 is 0 Å². The first-order valence-corrected chi connectivity index (χ1v) is 17.1.